The number of carbonyl (C=O) groups excluding carboxylic acids is 3. The summed E-state index contributed by atoms with van der Waals surface area (Å²) >= 11 is 0.976. The fraction of sp³-hybridized carbons (Fsp3) is 0.375. The van der Waals surface area contributed by atoms with Gasteiger partial charge in [-0.2, -0.15) is 0 Å². The third-order valence-electron chi connectivity index (χ3n) is 6.01. The topological polar surface area (TPSA) is 73.0 Å². The molecule has 0 spiro atoms. The molecule has 2 saturated heterocycles. The highest BCUT2D eigenvalue weighted by Crippen LogP contribution is 2.30. The Morgan fingerprint density at radius 2 is 1.47 bits per heavy atom. The van der Waals surface area contributed by atoms with Gasteiger partial charge in [-0.3, -0.25) is 29.1 Å². The van der Waals surface area contributed by atoms with Crippen molar-refractivity contribution in [3.63, 3.8) is 0 Å². The molecule has 0 unspecified atom stereocenters. The molecule has 0 aromatic heterocycles. The van der Waals surface area contributed by atoms with Crippen LogP contribution in [0, 0.1) is 11.6 Å². The minimum Gasteiger partial charge on any atom is -0.353 e. The van der Waals surface area contributed by atoms with Gasteiger partial charge in [0.2, 0.25) is 11.8 Å². The predicted octanol–water partition coefficient (Wildman–Crippen LogP) is 2.48. The summed E-state index contributed by atoms with van der Waals surface area (Å²) in [4.78, 5) is 41.0. The molecular weight excluding hydrogens is 462 g/mol. The van der Waals surface area contributed by atoms with E-state index in [0.29, 0.717) is 26.2 Å². The highest BCUT2D eigenvalue weighted by atomic mass is 32.2. The van der Waals surface area contributed by atoms with Crippen molar-refractivity contribution in [3.8, 4) is 0 Å². The molecule has 2 aromatic carbocycles. The number of hydrogen-bond acceptors (Lipinski definition) is 6. The molecule has 3 amide bonds. The van der Waals surface area contributed by atoms with E-state index in [4.69, 9.17) is 0 Å². The van der Waals surface area contributed by atoms with E-state index >= 15 is 0 Å². The van der Waals surface area contributed by atoms with E-state index < -0.39 is 0 Å². The number of imide groups is 1. The van der Waals surface area contributed by atoms with Gasteiger partial charge in [-0.05, 0) is 35.4 Å². The van der Waals surface area contributed by atoms with Gasteiger partial charge in [0.05, 0.1) is 18.3 Å². The molecule has 2 aromatic rings. The number of rotatable bonds is 8. The maximum Gasteiger partial charge on any atom is 0.288 e. The first kappa shape index (κ1) is 24.3. The monoisotopic (exact) mass is 488 g/mol. The van der Waals surface area contributed by atoms with Crippen molar-refractivity contribution in [1.82, 2.24) is 20.0 Å². The lowest BCUT2D eigenvalue weighted by molar-refractivity contribution is -0.126. The van der Waals surface area contributed by atoms with Crippen LogP contribution in [0.25, 0.3) is 0 Å². The fourth-order valence-corrected chi connectivity index (χ4v) is 5.00. The molecule has 2 fully saturated rings. The molecule has 7 nitrogen and oxygen atoms in total. The lowest BCUT2D eigenvalue weighted by Gasteiger charge is -2.39. The highest BCUT2D eigenvalue weighted by molar-refractivity contribution is 8.14. The molecule has 1 N–H and O–H groups in total. The Morgan fingerprint density at radius 1 is 0.912 bits per heavy atom. The van der Waals surface area contributed by atoms with E-state index in [-0.39, 0.29) is 60.1 Å². The first-order chi connectivity index (χ1) is 16.4. The maximum absolute atomic E-state index is 13.5. The average molecular weight is 489 g/mol. The fourth-order valence-electron chi connectivity index (χ4n) is 4.25. The van der Waals surface area contributed by atoms with Crippen molar-refractivity contribution >= 4 is 28.8 Å². The lowest BCUT2D eigenvalue weighted by atomic mass is 9.96. The number of thioether (sulfide) groups is 1. The van der Waals surface area contributed by atoms with E-state index in [0.717, 1.165) is 27.8 Å². The summed E-state index contributed by atoms with van der Waals surface area (Å²) in [5.74, 6) is -0.844. The number of hydrogen-bond donors (Lipinski definition) is 1. The van der Waals surface area contributed by atoms with E-state index in [1.807, 2.05) is 4.90 Å². The summed E-state index contributed by atoms with van der Waals surface area (Å²) < 4.78 is 27.0. The number of carbonyl (C=O) groups is 3. The van der Waals surface area contributed by atoms with Crippen LogP contribution in [0.1, 0.15) is 17.2 Å². The molecule has 2 aliphatic rings. The normalized spacial score (nSPS) is 17.6. The van der Waals surface area contributed by atoms with Crippen LogP contribution in [0.4, 0.5) is 13.6 Å². The number of halogens is 2. The quantitative estimate of drug-likeness (QED) is 0.616. The van der Waals surface area contributed by atoms with Gasteiger partial charge >= 0.3 is 0 Å². The van der Waals surface area contributed by atoms with E-state index in [1.54, 1.807) is 24.3 Å². The molecule has 2 aliphatic heterocycles. The van der Waals surface area contributed by atoms with Gasteiger partial charge in [0.25, 0.3) is 5.24 Å². The van der Waals surface area contributed by atoms with E-state index in [9.17, 15) is 23.2 Å². The minimum atomic E-state index is -0.311. The SMILES string of the molecule is O=C(CN1CCN(C(c2ccc(F)cc2)c2ccc(F)cc2)CC1)NCCN1C(=O)CSC1=O. The second-order valence-electron chi connectivity index (χ2n) is 8.27. The molecular formula is C24H26F2N4O3S. The first-order valence-corrected chi connectivity index (χ1v) is 12.1. The predicted molar refractivity (Wildman–Crippen MR) is 125 cm³/mol. The minimum absolute atomic E-state index is 0.148. The van der Waals surface area contributed by atoms with Gasteiger partial charge in [-0.15, -0.1) is 0 Å². The molecule has 10 heteroatoms. The van der Waals surface area contributed by atoms with Gasteiger partial charge in [0, 0.05) is 39.3 Å². The van der Waals surface area contributed by atoms with Crippen molar-refractivity contribution in [2.75, 3.05) is 51.6 Å². The molecule has 0 saturated carbocycles. The second kappa shape index (κ2) is 11.1. The van der Waals surface area contributed by atoms with Gasteiger partial charge in [-0.1, -0.05) is 36.0 Å². The molecule has 0 bridgehead atoms. The Kier molecular flexibility index (Phi) is 7.91. The molecule has 180 valence electrons. The van der Waals surface area contributed by atoms with Crippen molar-refractivity contribution in [1.29, 1.82) is 0 Å². The largest absolute Gasteiger partial charge is 0.353 e. The number of piperazine rings is 1. The van der Waals surface area contributed by atoms with Crippen molar-refractivity contribution < 1.29 is 23.2 Å². The Morgan fingerprint density at radius 3 is 1.97 bits per heavy atom. The highest BCUT2D eigenvalue weighted by Gasteiger charge is 2.30. The van der Waals surface area contributed by atoms with Crippen LogP contribution in [0.2, 0.25) is 0 Å². The number of nitrogens with one attached hydrogen (secondary N) is 1. The zero-order valence-electron chi connectivity index (χ0n) is 18.6. The summed E-state index contributed by atoms with van der Waals surface area (Å²) in [7, 11) is 0. The Hall–Kier alpha value is -2.82. The maximum atomic E-state index is 13.5. The third kappa shape index (κ3) is 5.99. The molecule has 0 atom stereocenters. The number of nitrogens with zero attached hydrogens (tertiary/aromatic N) is 3. The summed E-state index contributed by atoms with van der Waals surface area (Å²) in [5.41, 5.74) is 1.84. The van der Waals surface area contributed by atoms with Crippen molar-refractivity contribution in [3.05, 3.63) is 71.3 Å². The van der Waals surface area contributed by atoms with E-state index in [2.05, 4.69) is 10.2 Å². The Labute approximate surface area is 201 Å². The van der Waals surface area contributed by atoms with Crippen LogP contribution < -0.4 is 5.32 Å². The smallest absolute Gasteiger partial charge is 0.288 e. The van der Waals surface area contributed by atoms with Gasteiger partial charge < -0.3 is 5.32 Å². The molecule has 0 radical (unpaired) electrons. The summed E-state index contributed by atoms with van der Waals surface area (Å²) in [6.07, 6.45) is 0. The van der Waals surface area contributed by atoms with Gasteiger partial charge in [-0.25, -0.2) is 8.78 Å². The standard InChI is InChI=1S/C24H26F2N4O3S/c25-19-5-1-17(2-6-19)23(18-3-7-20(26)8-4-18)29-13-11-28(12-14-29)15-21(31)27-9-10-30-22(32)16-34-24(30)33/h1-8,23H,9-16H2,(H,27,31). The van der Waals surface area contributed by atoms with E-state index in [1.165, 1.54) is 24.3 Å². The summed E-state index contributed by atoms with van der Waals surface area (Å²) in [6, 6.07) is 12.5. The van der Waals surface area contributed by atoms with Crippen LogP contribution >= 0.6 is 11.8 Å². The van der Waals surface area contributed by atoms with Crippen molar-refractivity contribution in [2.24, 2.45) is 0 Å². The van der Waals surface area contributed by atoms with Crippen LogP contribution in [-0.4, -0.2) is 83.3 Å². The number of benzene rings is 2. The molecule has 2 heterocycles. The molecule has 4 rings (SSSR count). The molecule has 0 aliphatic carbocycles. The third-order valence-corrected chi connectivity index (χ3v) is 6.87. The summed E-state index contributed by atoms with van der Waals surface area (Å²) in [5, 5.41) is 2.50. The zero-order chi connectivity index (χ0) is 24.1. The van der Waals surface area contributed by atoms with Crippen LogP contribution in [-0.2, 0) is 9.59 Å². The Balaban J connectivity index is 1.31. The first-order valence-electron chi connectivity index (χ1n) is 11.1. The molecule has 34 heavy (non-hydrogen) atoms. The Bertz CT molecular complexity index is 966. The van der Waals surface area contributed by atoms with Gasteiger partial charge in [0.1, 0.15) is 11.6 Å². The van der Waals surface area contributed by atoms with Crippen LogP contribution in [0.15, 0.2) is 48.5 Å². The van der Waals surface area contributed by atoms with Gasteiger partial charge in [0.15, 0.2) is 0 Å². The number of amides is 3. The second-order valence-corrected chi connectivity index (χ2v) is 9.19. The zero-order valence-corrected chi connectivity index (χ0v) is 19.4. The lowest BCUT2D eigenvalue weighted by Crippen LogP contribution is -2.50. The van der Waals surface area contributed by atoms with Crippen LogP contribution in [0.5, 0.6) is 0 Å². The van der Waals surface area contributed by atoms with Crippen molar-refractivity contribution in [2.45, 2.75) is 6.04 Å². The van der Waals surface area contributed by atoms with Crippen LogP contribution in [0.3, 0.4) is 0 Å². The average Bonchev–Trinajstić information content (AvgIpc) is 3.15. The summed E-state index contributed by atoms with van der Waals surface area (Å²) in [6.45, 7) is 3.32.